The van der Waals surface area contributed by atoms with Gasteiger partial charge in [0.15, 0.2) is 5.84 Å². The number of nitrogens with two attached hydrogens (primary N) is 1. The lowest BCUT2D eigenvalue weighted by Gasteiger charge is -2.10. The van der Waals surface area contributed by atoms with Crippen molar-refractivity contribution in [2.24, 2.45) is 10.9 Å². The summed E-state index contributed by atoms with van der Waals surface area (Å²) in [5.74, 6) is 1.51. The summed E-state index contributed by atoms with van der Waals surface area (Å²) in [7, 11) is 0. The molecule has 104 valence electrons. The van der Waals surface area contributed by atoms with Crippen LogP contribution in [0.4, 0.5) is 0 Å². The number of hydrogen-bond acceptors (Lipinski definition) is 3. The van der Waals surface area contributed by atoms with Crippen LogP contribution >= 0.6 is 15.9 Å². The largest absolute Gasteiger partial charge is 0.456 e. The third-order valence-corrected chi connectivity index (χ3v) is 3.38. The van der Waals surface area contributed by atoms with Crippen molar-refractivity contribution in [1.82, 2.24) is 0 Å². The fourth-order valence-electron chi connectivity index (χ4n) is 1.92. The molecule has 2 rings (SSSR count). The van der Waals surface area contributed by atoms with Crippen LogP contribution < -0.4 is 10.5 Å². The highest BCUT2D eigenvalue weighted by atomic mass is 79.9. The van der Waals surface area contributed by atoms with E-state index in [9.17, 15) is 0 Å². The standard InChI is InChI=1S/C15H15BrN2O2/c1-9-5-10(2)7-12(6-9)20-14-4-3-11(8-13(14)16)15(17)18-19/h3-8,19H,1-2H3,(H2,17,18). The molecule has 0 fully saturated rings. The van der Waals surface area contributed by atoms with Crippen molar-refractivity contribution in [3.05, 3.63) is 57.6 Å². The van der Waals surface area contributed by atoms with Crippen molar-refractivity contribution in [3.8, 4) is 11.5 Å². The minimum atomic E-state index is 0.0589. The van der Waals surface area contributed by atoms with E-state index in [0.717, 1.165) is 21.3 Å². The molecule has 2 aromatic carbocycles. The van der Waals surface area contributed by atoms with Crippen LogP contribution in [0, 0.1) is 13.8 Å². The first-order chi connectivity index (χ1) is 9.49. The minimum Gasteiger partial charge on any atom is -0.456 e. The zero-order chi connectivity index (χ0) is 14.7. The average molecular weight is 335 g/mol. The monoisotopic (exact) mass is 334 g/mol. The van der Waals surface area contributed by atoms with Gasteiger partial charge in [-0.1, -0.05) is 11.2 Å². The first-order valence-electron chi connectivity index (χ1n) is 6.03. The number of ether oxygens (including phenoxy) is 1. The summed E-state index contributed by atoms with van der Waals surface area (Å²) in [4.78, 5) is 0. The molecule has 0 heterocycles. The Balaban J connectivity index is 2.30. The molecular weight excluding hydrogens is 320 g/mol. The van der Waals surface area contributed by atoms with Crippen LogP contribution in [0.15, 0.2) is 46.0 Å². The van der Waals surface area contributed by atoms with E-state index in [1.165, 1.54) is 0 Å². The lowest BCUT2D eigenvalue weighted by atomic mass is 10.1. The molecule has 0 bridgehead atoms. The van der Waals surface area contributed by atoms with Crippen molar-refractivity contribution < 1.29 is 9.94 Å². The Bertz CT molecular complexity index is 649. The number of hydrogen-bond donors (Lipinski definition) is 2. The van der Waals surface area contributed by atoms with Crippen LogP contribution in [0.2, 0.25) is 0 Å². The van der Waals surface area contributed by atoms with E-state index in [4.69, 9.17) is 15.7 Å². The molecule has 0 saturated heterocycles. The summed E-state index contributed by atoms with van der Waals surface area (Å²) < 4.78 is 6.59. The zero-order valence-electron chi connectivity index (χ0n) is 11.2. The van der Waals surface area contributed by atoms with Crippen LogP contribution in [0.1, 0.15) is 16.7 Å². The fraction of sp³-hybridized carbons (Fsp3) is 0.133. The SMILES string of the molecule is Cc1cc(C)cc(Oc2ccc(/C(N)=N/O)cc2Br)c1. The van der Waals surface area contributed by atoms with Crippen LogP contribution in [-0.4, -0.2) is 11.0 Å². The lowest BCUT2D eigenvalue weighted by molar-refractivity contribution is 0.318. The number of amidine groups is 1. The van der Waals surface area contributed by atoms with E-state index >= 15 is 0 Å². The van der Waals surface area contributed by atoms with Crippen molar-refractivity contribution in [2.45, 2.75) is 13.8 Å². The Morgan fingerprint density at radius 2 is 1.80 bits per heavy atom. The molecule has 0 aliphatic rings. The molecular formula is C15H15BrN2O2. The second-order valence-corrected chi connectivity index (χ2v) is 5.41. The normalized spacial score (nSPS) is 11.4. The number of halogens is 1. The predicted molar refractivity (Wildman–Crippen MR) is 82.6 cm³/mol. The second-order valence-electron chi connectivity index (χ2n) is 4.56. The molecule has 0 radical (unpaired) electrons. The third kappa shape index (κ3) is 3.30. The molecule has 0 amide bonds. The van der Waals surface area contributed by atoms with Crippen molar-refractivity contribution in [2.75, 3.05) is 0 Å². The predicted octanol–water partition coefficient (Wildman–Crippen LogP) is 3.95. The van der Waals surface area contributed by atoms with E-state index in [0.29, 0.717) is 11.3 Å². The van der Waals surface area contributed by atoms with E-state index < -0.39 is 0 Å². The maximum absolute atomic E-state index is 8.66. The van der Waals surface area contributed by atoms with Crippen molar-refractivity contribution in [1.29, 1.82) is 0 Å². The zero-order valence-corrected chi connectivity index (χ0v) is 12.8. The number of oxime groups is 1. The summed E-state index contributed by atoms with van der Waals surface area (Å²) in [5, 5.41) is 11.6. The maximum Gasteiger partial charge on any atom is 0.170 e. The molecule has 0 atom stereocenters. The Morgan fingerprint density at radius 1 is 1.15 bits per heavy atom. The maximum atomic E-state index is 8.66. The average Bonchev–Trinajstić information content (AvgIpc) is 2.39. The van der Waals surface area contributed by atoms with Crippen molar-refractivity contribution >= 4 is 21.8 Å². The number of nitrogens with zero attached hydrogens (tertiary/aromatic N) is 1. The Labute approximate surface area is 126 Å². The van der Waals surface area contributed by atoms with Crippen LogP contribution in [0.3, 0.4) is 0 Å². The van der Waals surface area contributed by atoms with Crippen molar-refractivity contribution in [3.63, 3.8) is 0 Å². The Morgan fingerprint density at radius 3 is 2.35 bits per heavy atom. The highest BCUT2D eigenvalue weighted by Gasteiger charge is 2.07. The summed E-state index contributed by atoms with van der Waals surface area (Å²) in [6.07, 6.45) is 0. The summed E-state index contributed by atoms with van der Waals surface area (Å²) in [6.45, 7) is 4.05. The highest BCUT2D eigenvalue weighted by molar-refractivity contribution is 9.10. The van der Waals surface area contributed by atoms with Gasteiger partial charge < -0.3 is 15.7 Å². The third-order valence-electron chi connectivity index (χ3n) is 2.76. The second kappa shape index (κ2) is 5.96. The van der Waals surface area contributed by atoms with Gasteiger partial charge in [0, 0.05) is 5.56 Å². The van der Waals surface area contributed by atoms with Gasteiger partial charge in [0.25, 0.3) is 0 Å². The smallest absolute Gasteiger partial charge is 0.170 e. The Hall–Kier alpha value is -2.01. The van der Waals surface area contributed by atoms with Gasteiger partial charge in [-0.2, -0.15) is 0 Å². The molecule has 5 heteroatoms. The van der Waals surface area contributed by atoms with Gasteiger partial charge in [0.05, 0.1) is 4.47 Å². The molecule has 0 aliphatic heterocycles. The molecule has 3 N–H and O–H groups in total. The van der Waals surface area contributed by atoms with E-state index in [1.54, 1.807) is 18.2 Å². The summed E-state index contributed by atoms with van der Waals surface area (Å²) in [5.41, 5.74) is 8.45. The minimum absolute atomic E-state index is 0.0589. The molecule has 0 aliphatic carbocycles. The van der Waals surface area contributed by atoms with Crippen LogP contribution in [0.5, 0.6) is 11.5 Å². The van der Waals surface area contributed by atoms with E-state index in [-0.39, 0.29) is 5.84 Å². The van der Waals surface area contributed by atoms with Gasteiger partial charge in [-0.05, 0) is 71.2 Å². The van der Waals surface area contributed by atoms with Gasteiger partial charge in [-0.15, -0.1) is 0 Å². The van der Waals surface area contributed by atoms with Gasteiger partial charge in [-0.3, -0.25) is 0 Å². The summed E-state index contributed by atoms with van der Waals surface area (Å²) in [6, 6.07) is 11.3. The highest BCUT2D eigenvalue weighted by Crippen LogP contribution is 2.31. The Kier molecular flexibility index (Phi) is 4.29. The summed E-state index contributed by atoms with van der Waals surface area (Å²) >= 11 is 3.42. The van der Waals surface area contributed by atoms with Gasteiger partial charge in [-0.25, -0.2) is 0 Å². The first-order valence-corrected chi connectivity index (χ1v) is 6.82. The molecule has 20 heavy (non-hydrogen) atoms. The molecule has 0 unspecified atom stereocenters. The van der Waals surface area contributed by atoms with Gasteiger partial charge >= 0.3 is 0 Å². The van der Waals surface area contributed by atoms with Crippen LogP contribution in [-0.2, 0) is 0 Å². The quantitative estimate of drug-likeness (QED) is 0.386. The van der Waals surface area contributed by atoms with Gasteiger partial charge in [0.2, 0.25) is 0 Å². The molecule has 4 nitrogen and oxygen atoms in total. The first kappa shape index (κ1) is 14.4. The molecule has 0 aromatic heterocycles. The van der Waals surface area contributed by atoms with E-state index in [2.05, 4.69) is 27.2 Å². The molecule has 0 saturated carbocycles. The number of aryl methyl sites for hydroxylation is 2. The fourth-order valence-corrected chi connectivity index (χ4v) is 2.38. The number of benzene rings is 2. The van der Waals surface area contributed by atoms with Crippen LogP contribution in [0.25, 0.3) is 0 Å². The number of rotatable bonds is 3. The van der Waals surface area contributed by atoms with E-state index in [1.807, 2.05) is 26.0 Å². The lowest BCUT2D eigenvalue weighted by Crippen LogP contribution is -2.12. The molecule has 2 aromatic rings. The topological polar surface area (TPSA) is 67.8 Å². The van der Waals surface area contributed by atoms with Gasteiger partial charge in [0.1, 0.15) is 11.5 Å². The molecule has 0 spiro atoms.